The molecule has 2 aromatic rings. The average Bonchev–Trinajstić information content (AvgIpc) is 3.03. The molecule has 0 spiro atoms. The molecule has 6 nitrogen and oxygen atoms in total. The number of carbonyl (C=O) groups excluding carboxylic acids is 1. The van der Waals surface area contributed by atoms with Crippen molar-refractivity contribution < 1.29 is 22.7 Å². The fourth-order valence-corrected chi connectivity index (χ4v) is 3.45. The Morgan fingerprint density at radius 3 is 2.62 bits per heavy atom. The van der Waals surface area contributed by atoms with Crippen LogP contribution < -0.4 is 15.4 Å². The zero-order valence-corrected chi connectivity index (χ0v) is 16.9. The summed E-state index contributed by atoms with van der Waals surface area (Å²) in [6.07, 6.45) is -4.17. The Kier molecular flexibility index (Phi) is 5.97. The quantitative estimate of drug-likeness (QED) is 0.719. The Morgan fingerprint density at radius 2 is 2.07 bits per heavy atom. The van der Waals surface area contributed by atoms with E-state index in [1.54, 1.807) is 31.2 Å². The number of fused-ring (bicyclic) bond motifs is 1. The number of nitrogens with one attached hydrogen (secondary N) is 2. The van der Waals surface area contributed by atoms with Crippen molar-refractivity contribution in [3.63, 3.8) is 0 Å². The van der Waals surface area contributed by atoms with Crippen LogP contribution in [0.1, 0.15) is 54.8 Å². The van der Waals surface area contributed by atoms with E-state index >= 15 is 0 Å². The number of aromatic nitrogens is 2. The summed E-state index contributed by atoms with van der Waals surface area (Å²) in [7, 11) is 1.51. The van der Waals surface area contributed by atoms with Gasteiger partial charge in [-0.15, -0.1) is 0 Å². The molecule has 2 heterocycles. The number of benzene rings is 1. The molecule has 0 aliphatic carbocycles. The maximum absolute atomic E-state index is 13.8. The Bertz CT molecular complexity index is 883. The SMILES string of the molecule is CC[C@@H](C)NC(=O)c1nn2c(c1Cl)N[C@H](c1ccc(OC)cc1)C[C@@H]2C(F)(F)F. The van der Waals surface area contributed by atoms with Crippen molar-refractivity contribution >= 4 is 23.3 Å². The monoisotopic (exact) mass is 430 g/mol. The van der Waals surface area contributed by atoms with E-state index in [2.05, 4.69) is 15.7 Å². The summed E-state index contributed by atoms with van der Waals surface area (Å²) < 4.78 is 47.2. The highest BCUT2D eigenvalue weighted by Crippen LogP contribution is 2.46. The van der Waals surface area contributed by atoms with Crippen molar-refractivity contribution in [2.75, 3.05) is 12.4 Å². The largest absolute Gasteiger partial charge is 0.497 e. The van der Waals surface area contributed by atoms with E-state index in [9.17, 15) is 18.0 Å². The second-order valence-corrected chi connectivity index (χ2v) is 7.38. The first-order chi connectivity index (χ1) is 13.7. The first kappa shape index (κ1) is 21.3. The van der Waals surface area contributed by atoms with Crippen LogP contribution in [0.15, 0.2) is 24.3 Å². The molecular formula is C19H22ClF3N4O2. The Labute approximate surface area is 171 Å². The third kappa shape index (κ3) is 4.29. The van der Waals surface area contributed by atoms with Gasteiger partial charge in [0.15, 0.2) is 11.7 Å². The summed E-state index contributed by atoms with van der Waals surface area (Å²) in [6.45, 7) is 3.67. The Balaban J connectivity index is 1.99. The number of hydrogen-bond donors (Lipinski definition) is 2. The zero-order chi connectivity index (χ0) is 21.3. The summed E-state index contributed by atoms with van der Waals surface area (Å²) in [5.74, 6) is -0.0191. The first-order valence-electron chi connectivity index (χ1n) is 9.21. The molecule has 0 saturated carbocycles. The van der Waals surface area contributed by atoms with Crippen molar-refractivity contribution in [3.05, 3.63) is 40.5 Å². The lowest BCUT2D eigenvalue weighted by Gasteiger charge is -2.33. The summed E-state index contributed by atoms with van der Waals surface area (Å²) in [5, 5.41) is 9.48. The van der Waals surface area contributed by atoms with Gasteiger partial charge in [-0.3, -0.25) is 4.79 Å². The van der Waals surface area contributed by atoms with Gasteiger partial charge in [0.1, 0.15) is 16.6 Å². The lowest BCUT2D eigenvalue weighted by molar-refractivity contribution is -0.173. The van der Waals surface area contributed by atoms with E-state index in [0.717, 1.165) is 4.68 Å². The van der Waals surface area contributed by atoms with Crippen LogP contribution >= 0.6 is 11.6 Å². The predicted octanol–water partition coefficient (Wildman–Crippen LogP) is 4.73. The highest BCUT2D eigenvalue weighted by atomic mass is 35.5. The van der Waals surface area contributed by atoms with Crippen LogP contribution in [-0.4, -0.2) is 35.0 Å². The minimum atomic E-state index is -4.55. The van der Waals surface area contributed by atoms with Gasteiger partial charge in [0.2, 0.25) is 0 Å². The second kappa shape index (κ2) is 8.14. The third-order valence-electron chi connectivity index (χ3n) is 5.02. The van der Waals surface area contributed by atoms with E-state index < -0.39 is 24.2 Å². The van der Waals surface area contributed by atoms with Crippen LogP contribution in [0, 0.1) is 0 Å². The molecule has 10 heteroatoms. The summed E-state index contributed by atoms with van der Waals surface area (Å²) >= 11 is 6.29. The first-order valence-corrected chi connectivity index (χ1v) is 9.59. The molecule has 158 valence electrons. The second-order valence-electron chi connectivity index (χ2n) is 7.00. The van der Waals surface area contributed by atoms with Crippen LogP contribution in [0.3, 0.4) is 0 Å². The number of ether oxygens (including phenoxy) is 1. The zero-order valence-electron chi connectivity index (χ0n) is 16.2. The van der Waals surface area contributed by atoms with Crippen molar-refractivity contribution in [3.8, 4) is 5.75 Å². The maximum atomic E-state index is 13.8. The van der Waals surface area contributed by atoms with Crippen LogP contribution in [0.4, 0.5) is 19.0 Å². The molecule has 3 atom stereocenters. The minimum Gasteiger partial charge on any atom is -0.497 e. The van der Waals surface area contributed by atoms with Gasteiger partial charge >= 0.3 is 6.18 Å². The smallest absolute Gasteiger partial charge is 0.410 e. The molecule has 2 N–H and O–H groups in total. The lowest BCUT2D eigenvalue weighted by atomic mass is 9.97. The topological polar surface area (TPSA) is 68.2 Å². The van der Waals surface area contributed by atoms with Crippen molar-refractivity contribution in [2.24, 2.45) is 0 Å². The highest BCUT2D eigenvalue weighted by Gasteiger charge is 2.47. The number of methoxy groups -OCH3 is 1. The number of halogens is 4. The fraction of sp³-hybridized carbons (Fsp3) is 0.474. The van der Waals surface area contributed by atoms with Crippen LogP contribution in [0.25, 0.3) is 0 Å². The highest BCUT2D eigenvalue weighted by molar-refractivity contribution is 6.36. The summed E-state index contributed by atoms with van der Waals surface area (Å²) in [5.41, 5.74) is 0.424. The predicted molar refractivity (Wildman–Crippen MR) is 104 cm³/mol. The number of rotatable bonds is 5. The molecule has 0 radical (unpaired) electrons. The molecule has 29 heavy (non-hydrogen) atoms. The molecule has 0 fully saturated rings. The van der Waals surface area contributed by atoms with Gasteiger partial charge in [0.25, 0.3) is 5.91 Å². The van der Waals surface area contributed by atoms with E-state index in [1.165, 1.54) is 7.11 Å². The number of amides is 1. The van der Waals surface area contributed by atoms with Crippen LogP contribution in [0.5, 0.6) is 5.75 Å². The van der Waals surface area contributed by atoms with E-state index in [1.807, 2.05) is 6.92 Å². The van der Waals surface area contributed by atoms with Crippen LogP contribution in [-0.2, 0) is 0 Å². The molecule has 0 unspecified atom stereocenters. The average molecular weight is 431 g/mol. The molecule has 0 saturated heterocycles. The summed E-state index contributed by atoms with van der Waals surface area (Å²) in [6, 6.07) is 4.03. The van der Waals surface area contributed by atoms with Crippen molar-refractivity contribution in [2.45, 2.75) is 51.0 Å². The standard InChI is InChI=1S/C19H22ClF3N4O2/c1-4-10(2)24-18(28)16-15(20)17-25-13(11-5-7-12(29-3)8-6-11)9-14(19(21,22)23)27(17)26-16/h5-8,10,13-14,25H,4,9H2,1-3H3,(H,24,28)/t10-,13+,14-/m1/s1. The molecule has 0 bridgehead atoms. The number of carbonyl (C=O) groups is 1. The number of hydrogen-bond acceptors (Lipinski definition) is 4. The Morgan fingerprint density at radius 1 is 1.41 bits per heavy atom. The van der Waals surface area contributed by atoms with E-state index in [0.29, 0.717) is 17.7 Å². The Hall–Kier alpha value is -2.42. The van der Waals surface area contributed by atoms with Crippen molar-refractivity contribution in [1.82, 2.24) is 15.1 Å². The molecule has 1 aliphatic rings. The van der Waals surface area contributed by atoms with Gasteiger partial charge in [-0.2, -0.15) is 18.3 Å². The van der Waals surface area contributed by atoms with Gasteiger partial charge in [0.05, 0.1) is 13.2 Å². The maximum Gasteiger partial charge on any atom is 0.410 e. The number of alkyl halides is 3. The fourth-order valence-electron chi connectivity index (χ4n) is 3.18. The summed E-state index contributed by atoms with van der Waals surface area (Å²) in [4.78, 5) is 12.4. The van der Waals surface area contributed by atoms with Gasteiger partial charge < -0.3 is 15.4 Å². The van der Waals surface area contributed by atoms with Gasteiger partial charge in [-0.1, -0.05) is 30.7 Å². The van der Waals surface area contributed by atoms with Gasteiger partial charge in [0, 0.05) is 12.5 Å². The minimum absolute atomic E-state index is 0.0182. The molecule has 1 aromatic carbocycles. The van der Waals surface area contributed by atoms with Gasteiger partial charge in [-0.05, 0) is 31.0 Å². The third-order valence-corrected chi connectivity index (χ3v) is 5.38. The van der Waals surface area contributed by atoms with Gasteiger partial charge in [-0.25, -0.2) is 4.68 Å². The molecule has 3 rings (SSSR count). The number of anilines is 1. The van der Waals surface area contributed by atoms with Crippen LogP contribution in [0.2, 0.25) is 5.02 Å². The van der Waals surface area contributed by atoms with E-state index in [4.69, 9.17) is 16.3 Å². The lowest BCUT2D eigenvalue weighted by Crippen LogP contribution is -2.36. The molecular weight excluding hydrogens is 409 g/mol. The molecule has 1 aliphatic heterocycles. The van der Waals surface area contributed by atoms with Crippen molar-refractivity contribution in [1.29, 1.82) is 0 Å². The molecule has 1 aromatic heterocycles. The normalized spacial score (nSPS) is 19.8. The number of nitrogens with zero attached hydrogens (tertiary/aromatic N) is 2. The van der Waals surface area contributed by atoms with E-state index in [-0.39, 0.29) is 29.0 Å². The molecule has 1 amide bonds.